The van der Waals surface area contributed by atoms with Crippen molar-refractivity contribution in [2.24, 2.45) is 0 Å². The number of benzene rings is 1. The van der Waals surface area contributed by atoms with Gasteiger partial charge in [-0.2, -0.15) is 0 Å². The van der Waals surface area contributed by atoms with Crippen LogP contribution in [-0.2, 0) is 6.42 Å². The zero-order valence-electron chi connectivity index (χ0n) is 14.1. The van der Waals surface area contributed by atoms with Crippen molar-refractivity contribution in [3.05, 3.63) is 51.4 Å². The molecule has 0 saturated carbocycles. The first kappa shape index (κ1) is 18.0. The lowest BCUT2D eigenvalue weighted by Gasteiger charge is -2.15. The van der Waals surface area contributed by atoms with E-state index < -0.39 is 0 Å². The Kier molecular flexibility index (Phi) is 5.76. The molecule has 25 heavy (non-hydrogen) atoms. The third kappa shape index (κ3) is 4.61. The molecule has 1 fully saturated rings. The molecule has 1 aromatic carbocycles. The average molecular weight is 379 g/mol. The van der Waals surface area contributed by atoms with Gasteiger partial charge in [0.2, 0.25) is 0 Å². The van der Waals surface area contributed by atoms with Crippen molar-refractivity contribution in [1.29, 1.82) is 0 Å². The molecule has 5 nitrogen and oxygen atoms in total. The molecule has 0 bridgehead atoms. The number of nitrogens with one attached hydrogen (secondary N) is 1. The molecule has 1 aliphatic rings. The minimum atomic E-state index is -0.0215. The van der Waals surface area contributed by atoms with E-state index in [-0.39, 0.29) is 5.91 Å². The van der Waals surface area contributed by atoms with Crippen LogP contribution in [0.2, 0.25) is 10.0 Å². The smallest absolute Gasteiger partial charge is 0.272 e. The molecule has 0 atom stereocenters. The van der Waals surface area contributed by atoms with Gasteiger partial charge in [-0.05, 0) is 43.9 Å². The molecule has 0 spiro atoms. The summed E-state index contributed by atoms with van der Waals surface area (Å²) in [5, 5.41) is 4.52. The minimum absolute atomic E-state index is 0.0215. The number of carbonyl (C=O) groups is 1. The van der Waals surface area contributed by atoms with Gasteiger partial charge in [0.1, 0.15) is 17.3 Å². The second-order valence-electron chi connectivity index (χ2n) is 6.10. The maximum absolute atomic E-state index is 12.5. The summed E-state index contributed by atoms with van der Waals surface area (Å²) in [6, 6.07) is 7.20. The van der Waals surface area contributed by atoms with Crippen molar-refractivity contribution < 1.29 is 4.79 Å². The molecular formula is C18H20Cl2N4O. The van der Waals surface area contributed by atoms with Crippen LogP contribution in [0.15, 0.2) is 24.3 Å². The van der Waals surface area contributed by atoms with Gasteiger partial charge in [-0.3, -0.25) is 4.79 Å². The number of amides is 1. The number of halogens is 2. The van der Waals surface area contributed by atoms with Crippen LogP contribution >= 0.6 is 23.2 Å². The molecule has 0 radical (unpaired) electrons. The summed E-state index contributed by atoms with van der Waals surface area (Å²) in [7, 11) is 0. The molecule has 1 aromatic heterocycles. The monoisotopic (exact) mass is 378 g/mol. The van der Waals surface area contributed by atoms with Gasteiger partial charge >= 0.3 is 0 Å². The normalized spacial score (nSPS) is 14.0. The second-order valence-corrected chi connectivity index (χ2v) is 6.94. The lowest BCUT2D eigenvalue weighted by molar-refractivity contribution is 0.0786. The van der Waals surface area contributed by atoms with Gasteiger partial charge in [0.15, 0.2) is 0 Å². The standard InChI is InChI=1S/C18H20Cl2N4O/c1-12-22-16(18(25)24-8-2-3-9-24)11-17(23-12)21-7-6-13-4-5-14(19)10-15(13)20/h4-5,10-11H,2-3,6-9H2,1H3,(H,21,22,23). The van der Waals surface area contributed by atoms with Gasteiger partial charge in [0.25, 0.3) is 5.91 Å². The van der Waals surface area contributed by atoms with Crippen molar-refractivity contribution in [3.63, 3.8) is 0 Å². The SMILES string of the molecule is Cc1nc(NCCc2ccc(Cl)cc2Cl)cc(C(=O)N2CCCC2)n1. The van der Waals surface area contributed by atoms with E-state index in [9.17, 15) is 4.79 Å². The van der Waals surface area contributed by atoms with Crippen molar-refractivity contribution in [1.82, 2.24) is 14.9 Å². The van der Waals surface area contributed by atoms with Gasteiger partial charge in [-0.25, -0.2) is 9.97 Å². The zero-order chi connectivity index (χ0) is 17.8. The third-order valence-corrected chi connectivity index (χ3v) is 4.75. The van der Waals surface area contributed by atoms with Crippen LogP contribution in [0.5, 0.6) is 0 Å². The lowest BCUT2D eigenvalue weighted by Crippen LogP contribution is -2.28. The first-order valence-electron chi connectivity index (χ1n) is 8.36. The molecule has 0 aliphatic carbocycles. The van der Waals surface area contributed by atoms with Gasteiger partial charge < -0.3 is 10.2 Å². The topological polar surface area (TPSA) is 58.1 Å². The van der Waals surface area contributed by atoms with Crippen molar-refractivity contribution >= 4 is 34.9 Å². The van der Waals surface area contributed by atoms with E-state index in [0.717, 1.165) is 37.9 Å². The predicted molar refractivity (Wildman–Crippen MR) is 101 cm³/mol. The number of aryl methyl sites for hydroxylation is 1. The van der Waals surface area contributed by atoms with Gasteiger partial charge in [0.05, 0.1) is 0 Å². The largest absolute Gasteiger partial charge is 0.370 e. The van der Waals surface area contributed by atoms with Crippen LogP contribution < -0.4 is 5.32 Å². The molecule has 1 aliphatic heterocycles. The van der Waals surface area contributed by atoms with Crippen LogP contribution in [0.25, 0.3) is 0 Å². The number of hydrogen-bond acceptors (Lipinski definition) is 4. The van der Waals surface area contributed by atoms with Crippen LogP contribution in [0.1, 0.15) is 34.7 Å². The molecule has 0 unspecified atom stereocenters. The molecule has 1 amide bonds. The van der Waals surface area contributed by atoms with Crippen molar-refractivity contribution in [3.8, 4) is 0 Å². The third-order valence-electron chi connectivity index (χ3n) is 4.17. The zero-order valence-corrected chi connectivity index (χ0v) is 15.6. The van der Waals surface area contributed by atoms with E-state index in [1.165, 1.54) is 0 Å². The van der Waals surface area contributed by atoms with Gasteiger partial charge in [-0.15, -0.1) is 0 Å². The number of aromatic nitrogens is 2. The Morgan fingerprint density at radius 2 is 1.96 bits per heavy atom. The summed E-state index contributed by atoms with van der Waals surface area (Å²) in [6.07, 6.45) is 2.85. The summed E-state index contributed by atoms with van der Waals surface area (Å²) >= 11 is 12.1. The number of anilines is 1. The molecule has 7 heteroatoms. The molecular weight excluding hydrogens is 359 g/mol. The fraction of sp³-hybridized carbons (Fsp3) is 0.389. The Morgan fingerprint density at radius 1 is 1.20 bits per heavy atom. The van der Waals surface area contributed by atoms with Gasteiger partial charge in [0, 0.05) is 35.7 Å². The Hall–Kier alpha value is -1.85. The number of nitrogens with zero attached hydrogens (tertiary/aromatic N) is 3. The van der Waals surface area contributed by atoms with E-state index >= 15 is 0 Å². The second kappa shape index (κ2) is 8.02. The molecule has 1 N–H and O–H groups in total. The van der Waals surface area contributed by atoms with Crippen LogP contribution in [0, 0.1) is 6.92 Å². The highest BCUT2D eigenvalue weighted by Crippen LogP contribution is 2.21. The van der Waals surface area contributed by atoms with E-state index in [1.54, 1.807) is 19.1 Å². The van der Waals surface area contributed by atoms with Crippen molar-refractivity contribution in [2.45, 2.75) is 26.2 Å². The average Bonchev–Trinajstić information content (AvgIpc) is 3.10. The maximum Gasteiger partial charge on any atom is 0.272 e. The lowest BCUT2D eigenvalue weighted by atomic mass is 10.1. The summed E-state index contributed by atoms with van der Waals surface area (Å²) < 4.78 is 0. The fourth-order valence-electron chi connectivity index (χ4n) is 2.90. The summed E-state index contributed by atoms with van der Waals surface area (Å²) in [6.45, 7) is 4.05. The van der Waals surface area contributed by atoms with Crippen molar-refractivity contribution in [2.75, 3.05) is 25.0 Å². The predicted octanol–water partition coefficient (Wildman–Crippen LogP) is 3.98. The van der Waals surface area contributed by atoms with E-state index in [4.69, 9.17) is 23.2 Å². The number of rotatable bonds is 5. The van der Waals surface area contributed by atoms with Crippen LogP contribution in [0.3, 0.4) is 0 Å². The minimum Gasteiger partial charge on any atom is -0.370 e. The first-order chi connectivity index (χ1) is 12.0. The molecule has 2 aromatic rings. The Labute approximate surface area is 157 Å². The fourth-order valence-corrected chi connectivity index (χ4v) is 3.40. The Balaban J connectivity index is 1.65. The quantitative estimate of drug-likeness (QED) is 0.854. The van der Waals surface area contributed by atoms with E-state index in [1.807, 2.05) is 17.0 Å². The Morgan fingerprint density at radius 3 is 2.68 bits per heavy atom. The highest BCUT2D eigenvalue weighted by Gasteiger charge is 2.21. The molecule has 3 rings (SSSR count). The Bertz CT molecular complexity index is 776. The highest BCUT2D eigenvalue weighted by atomic mass is 35.5. The molecule has 132 valence electrons. The first-order valence-corrected chi connectivity index (χ1v) is 9.11. The molecule has 1 saturated heterocycles. The van der Waals surface area contributed by atoms with E-state index in [0.29, 0.717) is 33.9 Å². The van der Waals surface area contributed by atoms with Gasteiger partial charge in [-0.1, -0.05) is 29.3 Å². The summed E-state index contributed by atoms with van der Waals surface area (Å²) in [5.74, 6) is 1.21. The molecule has 2 heterocycles. The number of likely N-dealkylation sites (tertiary alicyclic amines) is 1. The van der Waals surface area contributed by atoms with Crippen LogP contribution in [0.4, 0.5) is 5.82 Å². The number of hydrogen-bond donors (Lipinski definition) is 1. The van der Waals surface area contributed by atoms with E-state index in [2.05, 4.69) is 15.3 Å². The summed E-state index contributed by atoms with van der Waals surface area (Å²) in [4.78, 5) is 23.0. The highest BCUT2D eigenvalue weighted by molar-refractivity contribution is 6.35. The number of carbonyl (C=O) groups excluding carboxylic acids is 1. The van der Waals surface area contributed by atoms with Crippen LogP contribution in [-0.4, -0.2) is 40.4 Å². The summed E-state index contributed by atoms with van der Waals surface area (Å²) in [5.41, 5.74) is 1.46. The maximum atomic E-state index is 12.5.